The number of anilines is 6. The molecule has 5 amide bonds. The van der Waals surface area contributed by atoms with Gasteiger partial charge in [0.25, 0.3) is 0 Å². The summed E-state index contributed by atoms with van der Waals surface area (Å²) in [6.45, 7) is 12.1. The van der Waals surface area contributed by atoms with Crippen LogP contribution in [0.1, 0.15) is 123 Å². The molecule has 8 heterocycles. The molecule has 1 saturated carbocycles. The van der Waals surface area contributed by atoms with Crippen molar-refractivity contribution in [1.29, 1.82) is 0 Å². The number of ether oxygens (including phenoxy) is 5. The lowest BCUT2D eigenvalue weighted by Crippen LogP contribution is -2.41. The van der Waals surface area contributed by atoms with Gasteiger partial charge in [-0.05, 0) is 166 Å². The molecule has 9 fully saturated rings. The number of benzene rings is 7. The van der Waals surface area contributed by atoms with Crippen molar-refractivity contribution in [3.05, 3.63) is 178 Å². The third kappa shape index (κ3) is 21.9. The van der Waals surface area contributed by atoms with Crippen LogP contribution in [0.5, 0.6) is 0 Å². The van der Waals surface area contributed by atoms with E-state index in [1.165, 1.54) is 45.0 Å². The normalized spacial score (nSPS) is 22.2. The molecule has 9 aliphatic rings. The van der Waals surface area contributed by atoms with Crippen LogP contribution >= 0.6 is 23.2 Å². The van der Waals surface area contributed by atoms with Crippen molar-refractivity contribution in [2.24, 2.45) is 4.36 Å². The van der Waals surface area contributed by atoms with Crippen molar-refractivity contribution in [2.75, 3.05) is 123 Å². The summed E-state index contributed by atoms with van der Waals surface area (Å²) in [5.74, 6) is -3.36. The highest BCUT2D eigenvalue weighted by atomic mass is 35.5. The first-order valence-corrected chi connectivity index (χ1v) is 51.1. The van der Waals surface area contributed by atoms with Gasteiger partial charge in [0.05, 0.1) is 92.9 Å². The molecule has 16 rings (SSSR count). The van der Waals surface area contributed by atoms with Gasteiger partial charge in [-0.3, -0.25) is 24.5 Å². The van der Waals surface area contributed by atoms with E-state index in [9.17, 15) is 79.4 Å². The lowest BCUT2D eigenvalue weighted by molar-refractivity contribution is 0.138. The molecule has 0 bridgehead atoms. The largest absolute Gasteiger partial charge is 0.444 e. The lowest BCUT2D eigenvalue weighted by atomic mass is 9.89. The quantitative estimate of drug-likeness (QED) is 0.0569. The highest BCUT2D eigenvalue weighted by Gasteiger charge is 2.46. The Hall–Kier alpha value is -9.40. The van der Waals surface area contributed by atoms with Gasteiger partial charge >= 0.3 is 30.5 Å². The zero-order valence-corrected chi connectivity index (χ0v) is 75.9. The van der Waals surface area contributed by atoms with E-state index in [1.807, 2.05) is 58.9 Å². The number of carbonyl (C=O) groups excluding carboxylic acids is 5. The van der Waals surface area contributed by atoms with E-state index < -0.39 is 108 Å². The molecule has 8 aliphatic heterocycles. The maximum absolute atomic E-state index is 15.2. The average molecular weight is 1890 g/mol. The second-order valence-corrected chi connectivity index (χ2v) is 44.4. The number of hydrogen-bond donors (Lipinski definition) is 0. The first-order chi connectivity index (χ1) is 59.5. The maximum atomic E-state index is 15.2. The molecule has 8 saturated heterocycles. The molecule has 26 nitrogen and oxygen atoms in total. The van der Waals surface area contributed by atoms with E-state index in [0.717, 1.165) is 54.3 Å². The minimum atomic E-state index is -3.30. The van der Waals surface area contributed by atoms with E-state index in [2.05, 4.69) is 4.36 Å². The van der Waals surface area contributed by atoms with Gasteiger partial charge in [-0.15, -0.1) is 0 Å². The second kappa shape index (κ2) is 39.3. The number of halogens is 8. The minimum Gasteiger partial charge on any atom is -0.444 e. The van der Waals surface area contributed by atoms with Gasteiger partial charge in [-0.2, -0.15) is 0 Å². The Kier molecular flexibility index (Phi) is 29.8. The Morgan fingerprint density at radius 3 is 1.16 bits per heavy atom. The summed E-state index contributed by atoms with van der Waals surface area (Å²) in [5.41, 5.74) is 0.862. The molecule has 682 valence electrons. The monoisotopic (exact) mass is 1890 g/mol. The molecule has 0 radical (unpaired) electrons. The van der Waals surface area contributed by atoms with Gasteiger partial charge in [0.2, 0.25) is 0 Å². The fourth-order valence-electron chi connectivity index (χ4n) is 15.6. The van der Waals surface area contributed by atoms with Crippen LogP contribution in [-0.4, -0.2) is 198 Å². The van der Waals surface area contributed by atoms with Crippen LogP contribution in [0.25, 0.3) is 22.3 Å². The molecule has 39 heteroatoms. The fourth-order valence-corrected chi connectivity index (χ4v) is 23.3. The Morgan fingerprint density at radius 1 is 0.429 bits per heavy atom. The van der Waals surface area contributed by atoms with Crippen molar-refractivity contribution < 1.29 is 112 Å². The van der Waals surface area contributed by atoms with E-state index >= 15 is 8.78 Å². The second-order valence-electron chi connectivity index (χ2n) is 32.0. The molecular weight excluding hydrogens is 1790 g/mol. The number of hydrogen-bond acceptors (Lipinski definition) is 21. The van der Waals surface area contributed by atoms with Crippen molar-refractivity contribution in [1.82, 2.24) is 0 Å². The van der Waals surface area contributed by atoms with Gasteiger partial charge in [-0.25, -0.2) is 92.6 Å². The molecule has 0 N–H and O–H groups in total. The SMILES string of the molecule is CC[C@H]1CN(c2cc(F)c(C3(F)CCS(=O)(=O)CC3)c(Cl)c2)C(=O)O1.CC[C@H]1CN(c2cc(F)c(N3CCS(=O)(=NC)CC3)c(F)c2)C(=O)O1.CC[C@H]1CN(c2ccc(-c3ccc(S(=O)(=O)C4CCC4)cc3)c(F)c2)C(=O)O1.CC[C@H]1CN(c2ccc(-c3ccc(S(C)(=O)=O)cc3)cc2)C(=O)O1.CC[C@H]1CN(c2ccc(C3(F)CCS(=O)(=O)CC3)c(Cl)c2)C(=O)O1. The first-order valence-electron chi connectivity index (χ1n) is 41.4. The van der Waals surface area contributed by atoms with Gasteiger partial charge in [0.1, 0.15) is 59.2 Å². The number of rotatable bonds is 18. The zero-order chi connectivity index (χ0) is 91.3. The van der Waals surface area contributed by atoms with Gasteiger partial charge < -0.3 is 28.6 Å². The third-order valence-corrected chi connectivity index (χ3v) is 33.4. The van der Waals surface area contributed by atoms with Crippen molar-refractivity contribution in [3.63, 3.8) is 0 Å². The summed E-state index contributed by atoms with van der Waals surface area (Å²) in [5, 5.41) is -0.256. The highest BCUT2D eigenvalue weighted by molar-refractivity contribution is 7.93. The Balaban J connectivity index is 0.000000143. The third-order valence-electron chi connectivity index (χ3n) is 23.8. The summed E-state index contributed by atoms with van der Waals surface area (Å²) < 4.78 is 225. The number of cyclic esters (lactones) is 5. The zero-order valence-electron chi connectivity index (χ0n) is 70.3. The summed E-state index contributed by atoms with van der Waals surface area (Å²) in [4.78, 5) is 68.6. The molecule has 0 spiro atoms. The van der Waals surface area contributed by atoms with Crippen molar-refractivity contribution in [2.45, 2.75) is 169 Å². The number of carbonyl (C=O) groups is 5. The topological polar surface area (TPSA) is 317 Å². The van der Waals surface area contributed by atoms with Crippen LogP contribution in [0.3, 0.4) is 0 Å². The lowest BCUT2D eigenvalue weighted by Gasteiger charge is -2.31. The Labute approximate surface area is 739 Å². The van der Waals surface area contributed by atoms with Crippen LogP contribution < -0.4 is 29.4 Å². The van der Waals surface area contributed by atoms with E-state index in [1.54, 1.807) is 88.7 Å². The standard InChI is InChI=1S/C21H22FNO4S.C18H19NO4S.C16H18ClF2NO4S.C16H19ClFNO4S.C16H21F2N3O3S/c1-2-16-13-23(21(24)27-16)15-8-11-19(20(22)12-15)14-6-9-18(10-7-14)28(25,26)17-4-3-5-17;1-3-16-12-19(18(20)23-16)15-8-4-13(5-9-15)14-6-10-17(11-7-14)24(2,21)22;1-2-11-9-20(15(21)24-11)10-7-12(17)14(13(18)8-10)16(19)3-5-25(22,23)6-4-16;1-2-12-10-19(15(20)23-12)11-3-4-13(14(17)9-11)16(18)5-7-24(21,22)8-6-16;1-3-12-10-21(16(22)24-12)11-8-13(17)15(14(18)9-11)20-4-6-25(23,19-2)7-5-20/h6-12,16-17H,2-5,13H2,1H3;4-11,16H,3,12H2,1-2H3;7-8,11H,2-6,9H2,1H3;3-4,9,12H,2,5-8,10H2,1H3;8-9,12H,3-7,10H2,1-2H3/t2*16-;11-;2*12-/m00000/s1. The first kappa shape index (κ1) is 95.7. The molecule has 7 aromatic rings. The van der Waals surface area contributed by atoms with E-state index in [0.29, 0.717) is 79.1 Å². The van der Waals surface area contributed by atoms with Gasteiger partial charge in [0.15, 0.2) is 51.0 Å². The Bertz CT molecular complexity index is 5800. The molecule has 126 heavy (non-hydrogen) atoms. The molecule has 1 aliphatic carbocycles. The van der Waals surface area contributed by atoms with Gasteiger partial charge in [-0.1, -0.05) is 107 Å². The molecule has 0 unspecified atom stereocenters. The van der Waals surface area contributed by atoms with Crippen molar-refractivity contribution >= 4 is 137 Å². The summed E-state index contributed by atoms with van der Waals surface area (Å²) >= 11 is 12.4. The van der Waals surface area contributed by atoms with Crippen LogP contribution in [-0.2, 0) is 84.1 Å². The van der Waals surface area contributed by atoms with Crippen LogP contribution in [0, 0.1) is 23.3 Å². The summed E-state index contributed by atoms with van der Waals surface area (Å²) in [7, 11) is -13.7. The number of amides is 5. The minimum absolute atomic E-state index is 0.0549. The van der Waals surface area contributed by atoms with Crippen molar-refractivity contribution in [3.8, 4) is 22.3 Å². The highest BCUT2D eigenvalue weighted by Crippen LogP contribution is 2.47. The number of nitrogens with zero attached hydrogens (tertiary/aromatic N) is 7. The summed E-state index contributed by atoms with van der Waals surface area (Å²) in [6.07, 6.45) is 2.79. The van der Waals surface area contributed by atoms with Crippen LogP contribution in [0.4, 0.5) is 84.4 Å². The molecule has 7 aromatic carbocycles. The van der Waals surface area contributed by atoms with Gasteiger partial charge in [0, 0.05) is 92.8 Å². The van der Waals surface area contributed by atoms with Crippen LogP contribution in [0.2, 0.25) is 10.0 Å². The van der Waals surface area contributed by atoms with E-state index in [-0.39, 0.29) is 171 Å². The van der Waals surface area contributed by atoms with E-state index in [4.69, 9.17) is 46.9 Å². The smallest absolute Gasteiger partial charge is 0.414 e. The predicted molar refractivity (Wildman–Crippen MR) is 470 cm³/mol. The number of sulfone groups is 4. The van der Waals surface area contributed by atoms with Crippen LogP contribution in [0.15, 0.2) is 148 Å². The summed E-state index contributed by atoms with van der Waals surface area (Å²) in [6, 6.07) is 34.6. The maximum Gasteiger partial charge on any atom is 0.414 e. The Morgan fingerprint density at radius 2 is 0.778 bits per heavy atom. The molecular formula is C87H99Cl2F6N7O19S5. The predicted octanol–water partition coefficient (Wildman–Crippen LogP) is 17.7. The average Bonchev–Trinajstić information content (AvgIpc) is 1.07. The molecule has 5 atom stereocenters. The fraction of sp³-hybridized carbons (Fsp3) is 0.460. The number of alkyl halides is 2. The molecule has 0 aromatic heterocycles.